The third kappa shape index (κ3) is 3.50. The number of benzene rings is 1. The van der Waals surface area contributed by atoms with Crippen LogP contribution in [-0.2, 0) is 0 Å². The molecular weight excluding hydrogens is 404 g/mol. The predicted octanol–water partition coefficient (Wildman–Crippen LogP) is 7.39. The molecule has 0 heterocycles. The van der Waals surface area contributed by atoms with Crippen LogP contribution < -0.4 is 0 Å². The topological polar surface area (TPSA) is 40.5 Å². The highest BCUT2D eigenvalue weighted by atomic mass is 16.3. The SMILES string of the molecule is C[C@H](C[C@@H](O)c1ccccc1)[C@H]1CC=C2C3=C(CC[C@@]21C)[C@@]1(C)CC[C@H](O)C(C)(C)[C@@H]1CC3. The van der Waals surface area contributed by atoms with E-state index in [1.807, 2.05) is 18.2 Å². The van der Waals surface area contributed by atoms with Gasteiger partial charge in [-0.3, -0.25) is 0 Å². The number of hydrogen-bond donors (Lipinski definition) is 2. The first kappa shape index (κ1) is 23.4. The van der Waals surface area contributed by atoms with E-state index in [0.29, 0.717) is 17.8 Å². The molecule has 0 spiro atoms. The van der Waals surface area contributed by atoms with Crippen molar-refractivity contribution in [2.24, 2.45) is 34.0 Å². The first-order chi connectivity index (χ1) is 15.6. The third-order valence-corrected chi connectivity index (χ3v) is 10.9. The summed E-state index contributed by atoms with van der Waals surface area (Å²) in [5.74, 6) is 1.67. The van der Waals surface area contributed by atoms with Crippen molar-refractivity contribution in [3.8, 4) is 0 Å². The lowest BCUT2D eigenvalue weighted by Gasteiger charge is -2.59. The van der Waals surface area contributed by atoms with Crippen LogP contribution in [0.3, 0.4) is 0 Å². The molecule has 1 aromatic carbocycles. The van der Waals surface area contributed by atoms with Gasteiger partial charge in [0.05, 0.1) is 12.2 Å². The summed E-state index contributed by atoms with van der Waals surface area (Å²) in [4.78, 5) is 0. The molecule has 2 N–H and O–H groups in total. The second-order valence-corrected chi connectivity index (χ2v) is 12.9. The summed E-state index contributed by atoms with van der Waals surface area (Å²) < 4.78 is 0. The number of rotatable bonds is 4. The molecule has 1 saturated carbocycles. The highest BCUT2D eigenvalue weighted by Crippen LogP contribution is 2.66. The Bertz CT molecular complexity index is 956. The summed E-state index contributed by atoms with van der Waals surface area (Å²) in [5, 5.41) is 21.7. The summed E-state index contributed by atoms with van der Waals surface area (Å²) in [6, 6.07) is 10.2. The smallest absolute Gasteiger partial charge is 0.0792 e. The van der Waals surface area contributed by atoms with Crippen molar-refractivity contribution in [1.29, 1.82) is 0 Å². The van der Waals surface area contributed by atoms with Gasteiger partial charge in [-0.05, 0) is 102 Å². The van der Waals surface area contributed by atoms with Gasteiger partial charge in [-0.2, -0.15) is 0 Å². The van der Waals surface area contributed by atoms with Gasteiger partial charge in [0.1, 0.15) is 0 Å². The van der Waals surface area contributed by atoms with Crippen molar-refractivity contribution in [3.05, 3.63) is 58.7 Å². The van der Waals surface area contributed by atoms with Gasteiger partial charge < -0.3 is 10.2 Å². The van der Waals surface area contributed by atoms with Crippen LogP contribution in [0.4, 0.5) is 0 Å². The van der Waals surface area contributed by atoms with E-state index in [4.69, 9.17) is 0 Å². The average molecular weight is 449 g/mol. The van der Waals surface area contributed by atoms with Crippen molar-refractivity contribution in [2.45, 2.75) is 98.2 Å². The van der Waals surface area contributed by atoms with Crippen LogP contribution in [0.25, 0.3) is 0 Å². The lowest BCUT2D eigenvalue weighted by molar-refractivity contribution is -0.0905. The Kier molecular flexibility index (Phi) is 5.73. The molecule has 0 saturated heterocycles. The lowest BCUT2D eigenvalue weighted by atomic mass is 9.46. The first-order valence-corrected chi connectivity index (χ1v) is 13.4. The molecule has 4 aliphatic rings. The zero-order valence-electron chi connectivity index (χ0n) is 21.4. The predicted molar refractivity (Wildman–Crippen MR) is 136 cm³/mol. The average Bonchev–Trinajstić information content (AvgIpc) is 3.14. The zero-order valence-corrected chi connectivity index (χ0v) is 21.4. The van der Waals surface area contributed by atoms with Gasteiger partial charge in [0, 0.05) is 0 Å². The Morgan fingerprint density at radius 1 is 0.970 bits per heavy atom. The highest BCUT2D eigenvalue weighted by molar-refractivity contribution is 5.49. The van der Waals surface area contributed by atoms with Gasteiger partial charge in [-0.1, -0.05) is 76.6 Å². The maximum atomic E-state index is 10.9. The zero-order chi connectivity index (χ0) is 23.6. The molecule has 2 heteroatoms. The van der Waals surface area contributed by atoms with E-state index in [1.54, 1.807) is 16.7 Å². The van der Waals surface area contributed by atoms with Crippen LogP contribution in [0.5, 0.6) is 0 Å². The van der Waals surface area contributed by atoms with Crippen LogP contribution in [0, 0.1) is 34.0 Å². The molecule has 0 bridgehead atoms. The Hall–Kier alpha value is -1.38. The molecule has 180 valence electrons. The molecule has 0 aliphatic heterocycles. The minimum atomic E-state index is -0.377. The fourth-order valence-electron chi connectivity index (χ4n) is 8.90. The minimum Gasteiger partial charge on any atom is -0.393 e. The van der Waals surface area contributed by atoms with E-state index in [2.05, 4.69) is 52.8 Å². The number of aliphatic hydroxyl groups excluding tert-OH is 2. The lowest BCUT2D eigenvalue weighted by Crippen LogP contribution is -2.53. The normalized spacial score (nSPS) is 39.2. The molecule has 5 rings (SSSR count). The van der Waals surface area contributed by atoms with Crippen LogP contribution in [0.1, 0.15) is 97.7 Å². The Balaban J connectivity index is 1.39. The van der Waals surface area contributed by atoms with Crippen LogP contribution in [0.15, 0.2) is 53.1 Å². The molecule has 0 amide bonds. The number of fused-ring (bicyclic) bond motifs is 4. The van der Waals surface area contributed by atoms with Crippen LogP contribution in [-0.4, -0.2) is 16.3 Å². The summed E-state index contributed by atoms with van der Waals surface area (Å²) in [6.07, 6.45) is 10.9. The van der Waals surface area contributed by atoms with E-state index in [0.717, 1.165) is 31.2 Å². The van der Waals surface area contributed by atoms with Gasteiger partial charge in [-0.15, -0.1) is 0 Å². The first-order valence-electron chi connectivity index (χ1n) is 13.4. The van der Waals surface area contributed by atoms with E-state index in [9.17, 15) is 10.2 Å². The van der Waals surface area contributed by atoms with Crippen molar-refractivity contribution < 1.29 is 10.2 Å². The number of hydrogen-bond acceptors (Lipinski definition) is 2. The van der Waals surface area contributed by atoms with Gasteiger partial charge in [0.15, 0.2) is 0 Å². The Morgan fingerprint density at radius 3 is 2.42 bits per heavy atom. The van der Waals surface area contributed by atoms with Crippen molar-refractivity contribution >= 4 is 0 Å². The highest BCUT2D eigenvalue weighted by Gasteiger charge is 2.57. The summed E-state index contributed by atoms with van der Waals surface area (Å²) in [5.41, 5.74) is 6.60. The monoisotopic (exact) mass is 448 g/mol. The van der Waals surface area contributed by atoms with Crippen molar-refractivity contribution in [2.75, 3.05) is 0 Å². The molecule has 4 aliphatic carbocycles. The van der Waals surface area contributed by atoms with E-state index < -0.39 is 0 Å². The van der Waals surface area contributed by atoms with E-state index in [1.165, 1.54) is 25.7 Å². The fourth-order valence-corrected chi connectivity index (χ4v) is 8.90. The molecule has 1 aromatic rings. The van der Waals surface area contributed by atoms with E-state index >= 15 is 0 Å². The largest absolute Gasteiger partial charge is 0.393 e. The molecule has 7 atom stereocenters. The Morgan fingerprint density at radius 2 is 1.70 bits per heavy atom. The summed E-state index contributed by atoms with van der Waals surface area (Å²) in [7, 11) is 0. The maximum Gasteiger partial charge on any atom is 0.0792 e. The van der Waals surface area contributed by atoms with Crippen LogP contribution >= 0.6 is 0 Å². The van der Waals surface area contributed by atoms with Gasteiger partial charge in [-0.25, -0.2) is 0 Å². The summed E-state index contributed by atoms with van der Waals surface area (Å²) in [6.45, 7) is 12.0. The second kappa shape index (κ2) is 8.09. The quantitative estimate of drug-likeness (QED) is 0.504. The molecule has 0 aromatic heterocycles. The molecule has 0 radical (unpaired) electrons. The second-order valence-electron chi connectivity index (χ2n) is 12.9. The standard InChI is InChI=1S/C31H44O2/c1-20(19-26(32)21-9-7-6-8-10-21)23-12-13-24-22-11-14-27-29(2,3)28(33)16-18-31(27,5)25(22)15-17-30(23,24)4/h6-10,13,20,23,26-28,32-33H,11-12,14-19H2,1-5H3/t20-,23-,26-,27+,28+,30-,31-/m1/s1. The third-order valence-electron chi connectivity index (χ3n) is 10.9. The molecule has 1 fully saturated rings. The van der Waals surface area contributed by atoms with Crippen molar-refractivity contribution in [3.63, 3.8) is 0 Å². The van der Waals surface area contributed by atoms with Crippen LogP contribution in [0.2, 0.25) is 0 Å². The van der Waals surface area contributed by atoms with E-state index in [-0.39, 0.29) is 28.5 Å². The minimum absolute atomic E-state index is 0.000956. The molecular formula is C31H44O2. The van der Waals surface area contributed by atoms with Gasteiger partial charge >= 0.3 is 0 Å². The molecule has 0 unspecified atom stereocenters. The maximum absolute atomic E-state index is 10.9. The molecule has 2 nitrogen and oxygen atoms in total. The number of allylic oxidation sites excluding steroid dienone is 4. The summed E-state index contributed by atoms with van der Waals surface area (Å²) >= 11 is 0. The van der Waals surface area contributed by atoms with Crippen molar-refractivity contribution in [1.82, 2.24) is 0 Å². The number of aliphatic hydroxyl groups is 2. The fraction of sp³-hybridized carbons (Fsp3) is 0.677. The molecule has 33 heavy (non-hydrogen) atoms. The van der Waals surface area contributed by atoms with Gasteiger partial charge in [0.2, 0.25) is 0 Å². The Labute approximate surface area is 201 Å². The van der Waals surface area contributed by atoms with Gasteiger partial charge in [0.25, 0.3) is 0 Å².